The van der Waals surface area contributed by atoms with E-state index in [4.69, 9.17) is 5.84 Å². The fraction of sp³-hybridized carbons (Fsp3) is 0.533. The lowest BCUT2D eigenvalue weighted by Crippen LogP contribution is -2.40. The van der Waals surface area contributed by atoms with E-state index in [9.17, 15) is 4.79 Å². The van der Waals surface area contributed by atoms with Crippen molar-refractivity contribution in [3.63, 3.8) is 0 Å². The highest BCUT2D eigenvalue weighted by atomic mass is 16.2. The summed E-state index contributed by atoms with van der Waals surface area (Å²) in [6, 6.07) is 10.4. The van der Waals surface area contributed by atoms with Crippen LogP contribution in [0.4, 0.5) is 5.69 Å². The van der Waals surface area contributed by atoms with E-state index < -0.39 is 0 Å². The molecule has 5 nitrogen and oxygen atoms in total. The van der Waals surface area contributed by atoms with E-state index in [1.807, 2.05) is 18.2 Å². The van der Waals surface area contributed by atoms with E-state index in [-0.39, 0.29) is 17.9 Å². The first kappa shape index (κ1) is 13.4. The van der Waals surface area contributed by atoms with Gasteiger partial charge in [-0.3, -0.25) is 4.79 Å². The highest BCUT2D eigenvalue weighted by molar-refractivity contribution is 5.80. The standard InChI is InChI=1S/C15H21N4O/c16-19-9-7-13(11-19)17-15(20)12-6-8-18(10-12)14-4-2-1-3-5-14/h1-5,12-13,16H,6-11H2,(H,17,20)/q-1/t12?,13-/m1/s1. The maximum absolute atomic E-state index is 12.3. The number of rotatable bonds is 3. The molecule has 2 saturated heterocycles. The molecule has 2 atom stereocenters. The summed E-state index contributed by atoms with van der Waals surface area (Å²) in [4.78, 5) is 14.5. The summed E-state index contributed by atoms with van der Waals surface area (Å²) >= 11 is 0. The van der Waals surface area contributed by atoms with Gasteiger partial charge < -0.3 is 21.1 Å². The molecule has 1 aromatic rings. The molecule has 2 aliphatic rings. The Labute approximate surface area is 119 Å². The Morgan fingerprint density at radius 3 is 2.65 bits per heavy atom. The summed E-state index contributed by atoms with van der Waals surface area (Å²) in [5.41, 5.74) is 1.20. The van der Waals surface area contributed by atoms with Crippen LogP contribution in [0.15, 0.2) is 30.3 Å². The molecule has 0 aromatic heterocycles. The lowest BCUT2D eigenvalue weighted by molar-refractivity contribution is -0.125. The molecule has 2 fully saturated rings. The molecule has 5 heteroatoms. The van der Waals surface area contributed by atoms with E-state index in [1.54, 1.807) is 0 Å². The van der Waals surface area contributed by atoms with Gasteiger partial charge in [-0.25, -0.2) is 0 Å². The van der Waals surface area contributed by atoms with Crippen LogP contribution in [0, 0.1) is 5.92 Å². The number of nitrogens with one attached hydrogen (secondary N) is 2. The summed E-state index contributed by atoms with van der Waals surface area (Å²) in [5, 5.41) is 4.62. The highest BCUT2D eigenvalue weighted by Crippen LogP contribution is 2.24. The normalized spacial score (nSPS) is 26.9. The van der Waals surface area contributed by atoms with Crippen LogP contribution >= 0.6 is 0 Å². The van der Waals surface area contributed by atoms with Crippen LogP contribution in [0.3, 0.4) is 0 Å². The summed E-state index contributed by atoms with van der Waals surface area (Å²) in [6.07, 6.45) is 1.81. The SMILES string of the molecule is [NH-]N1CC[C@@H](NC(=O)C2CCN(c3ccccc3)C2)C1. The van der Waals surface area contributed by atoms with Gasteiger partial charge in [0.2, 0.25) is 5.91 Å². The Morgan fingerprint density at radius 1 is 1.15 bits per heavy atom. The number of hydrogen-bond donors (Lipinski definition) is 1. The first-order chi connectivity index (χ1) is 9.72. The predicted octanol–water partition coefficient (Wildman–Crippen LogP) is 1.67. The van der Waals surface area contributed by atoms with Crippen LogP contribution in [0.5, 0.6) is 0 Å². The zero-order chi connectivity index (χ0) is 13.9. The number of benzene rings is 1. The molecule has 20 heavy (non-hydrogen) atoms. The summed E-state index contributed by atoms with van der Waals surface area (Å²) in [5.74, 6) is 7.77. The Bertz CT molecular complexity index is 464. The fourth-order valence-corrected chi connectivity index (χ4v) is 3.04. The van der Waals surface area contributed by atoms with Crippen molar-refractivity contribution in [2.75, 3.05) is 31.1 Å². The number of nitrogens with zero attached hydrogens (tertiary/aromatic N) is 2. The topological polar surface area (TPSA) is 59.4 Å². The maximum Gasteiger partial charge on any atom is 0.225 e. The van der Waals surface area contributed by atoms with E-state index in [0.717, 1.165) is 32.5 Å². The molecule has 1 amide bonds. The first-order valence-electron chi connectivity index (χ1n) is 7.29. The second kappa shape index (κ2) is 5.81. The average molecular weight is 273 g/mol. The molecular weight excluding hydrogens is 252 g/mol. The van der Waals surface area contributed by atoms with Gasteiger partial charge in [-0.05, 0) is 31.5 Å². The van der Waals surface area contributed by atoms with Crippen LogP contribution in [-0.4, -0.2) is 43.1 Å². The van der Waals surface area contributed by atoms with Gasteiger partial charge >= 0.3 is 0 Å². The number of carbonyl (C=O) groups is 1. The molecule has 2 heterocycles. The second-order valence-electron chi connectivity index (χ2n) is 5.71. The van der Waals surface area contributed by atoms with E-state index in [1.165, 1.54) is 10.7 Å². The lowest BCUT2D eigenvalue weighted by Gasteiger charge is -2.21. The van der Waals surface area contributed by atoms with E-state index in [0.29, 0.717) is 6.54 Å². The number of para-hydroxylation sites is 1. The van der Waals surface area contributed by atoms with Crippen LogP contribution in [0.2, 0.25) is 0 Å². The average Bonchev–Trinajstić information content (AvgIpc) is 3.09. The smallest absolute Gasteiger partial charge is 0.225 e. The van der Waals surface area contributed by atoms with Gasteiger partial charge in [0, 0.05) is 31.4 Å². The minimum absolute atomic E-state index is 0.0787. The first-order valence-corrected chi connectivity index (χ1v) is 7.29. The second-order valence-corrected chi connectivity index (χ2v) is 5.71. The molecule has 0 aliphatic carbocycles. The van der Waals surface area contributed by atoms with Crippen molar-refractivity contribution in [1.82, 2.24) is 10.3 Å². The monoisotopic (exact) mass is 273 g/mol. The summed E-state index contributed by atoms with van der Waals surface area (Å²) in [6.45, 7) is 3.15. The Kier molecular flexibility index (Phi) is 3.89. The predicted molar refractivity (Wildman–Crippen MR) is 79.2 cm³/mol. The molecule has 3 rings (SSSR count). The third-order valence-corrected chi connectivity index (χ3v) is 4.22. The zero-order valence-corrected chi connectivity index (χ0v) is 11.6. The molecule has 2 aliphatic heterocycles. The van der Waals surface area contributed by atoms with E-state index in [2.05, 4.69) is 22.3 Å². The number of carbonyl (C=O) groups excluding carboxylic acids is 1. The fourth-order valence-electron chi connectivity index (χ4n) is 3.04. The Hall–Kier alpha value is -1.59. The lowest BCUT2D eigenvalue weighted by atomic mass is 10.1. The number of anilines is 1. The number of amides is 1. The van der Waals surface area contributed by atoms with Gasteiger partial charge in [0.05, 0.1) is 5.92 Å². The van der Waals surface area contributed by atoms with Crippen LogP contribution < -0.4 is 10.2 Å². The highest BCUT2D eigenvalue weighted by Gasteiger charge is 2.30. The Balaban J connectivity index is 1.53. The van der Waals surface area contributed by atoms with Crippen molar-refractivity contribution < 1.29 is 4.79 Å². The molecule has 108 valence electrons. The molecule has 1 aromatic carbocycles. The third-order valence-electron chi connectivity index (χ3n) is 4.22. The number of hydrogen-bond acceptors (Lipinski definition) is 3. The molecule has 2 N–H and O–H groups in total. The van der Waals surface area contributed by atoms with Crippen LogP contribution in [-0.2, 0) is 4.79 Å². The van der Waals surface area contributed by atoms with Crippen molar-refractivity contribution in [1.29, 1.82) is 0 Å². The van der Waals surface area contributed by atoms with Crippen LogP contribution in [0.25, 0.3) is 5.84 Å². The van der Waals surface area contributed by atoms with Gasteiger partial charge in [0.25, 0.3) is 0 Å². The molecule has 0 radical (unpaired) electrons. The molecule has 0 spiro atoms. The minimum atomic E-state index is 0.0787. The molecular formula is C15H21N4O-. The quantitative estimate of drug-likeness (QED) is 0.911. The van der Waals surface area contributed by atoms with Gasteiger partial charge in [0.1, 0.15) is 0 Å². The molecule has 0 saturated carbocycles. The maximum atomic E-state index is 12.3. The minimum Gasteiger partial charge on any atom is -0.610 e. The van der Waals surface area contributed by atoms with Crippen molar-refractivity contribution >= 4 is 11.6 Å². The third kappa shape index (κ3) is 2.94. The zero-order valence-electron chi connectivity index (χ0n) is 11.6. The van der Waals surface area contributed by atoms with E-state index >= 15 is 0 Å². The van der Waals surface area contributed by atoms with Gasteiger partial charge in [-0.1, -0.05) is 18.2 Å². The largest absolute Gasteiger partial charge is 0.610 e. The van der Waals surface area contributed by atoms with Gasteiger partial charge in [-0.15, -0.1) is 0 Å². The molecule has 1 unspecified atom stereocenters. The molecule has 0 bridgehead atoms. The van der Waals surface area contributed by atoms with Gasteiger partial charge in [0.15, 0.2) is 0 Å². The van der Waals surface area contributed by atoms with Gasteiger partial charge in [-0.2, -0.15) is 0 Å². The van der Waals surface area contributed by atoms with Crippen molar-refractivity contribution in [2.45, 2.75) is 18.9 Å². The summed E-state index contributed by atoms with van der Waals surface area (Å²) < 4.78 is 0. The van der Waals surface area contributed by atoms with Crippen LogP contribution in [0.1, 0.15) is 12.8 Å². The Morgan fingerprint density at radius 2 is 1.95 bits per heavy atom. The van der Waals surface area contributed by atoms with Crippen molar-refractivity contribution in [2.24, 2.45) is 5.92 Å². The summed E-state index contributed by atoms with van der Waals surface area (Å²) in [7, 11) is 0. The van der Waals surface area contributed by atoms with Crippen molar-refractivity contribution in [3.8, 4) is 0 Å². The van der Waals surface area contributed by atoms with Crippen molar-refractivity contribution in [3.05, 3.63) is 36.2 Å².